The molecule has 0 radical (unpaired) electrons. The highest BCUT2D eigenvalue weighted by Gasteiger charge is 2.53. The maximum absolute atomic E-state index is 5.84. The van der Waals surface area contributed by atoms with Crippen LogP contribution >= 0.6 is 7.79 Å². The van der Waals surface area contributed by atoms with Gasteiger partial charge < -0.3 is 0 Å². The van der Waals surface area contributed by atoms with Crippen molar-refractivity contribution in [3.63, 3.8) is 0 Å². The van der Waals surface area contributed by atoms with E-state index in [1.54, 1.807) is 7.11 Å². The van der Waals surface area contributed by atoms with Crippen molar-refractivity contribution in [1.82, 2.24) is 10.2 Å². The molecule has 0 saturated carbocycles. The first-order valence-corrected chi connectivity index (χ1v) is 8.04. The van der Waals surface area contributed by atoms with Crippen LogP contribution < -0.4 is 10.7 Å². The second-order valence-electron chi connectivity index (χ2n) is 4.51. The molecule has 5 heteroatoms. The summed E-state index contributed by atoms with van der Waals surface area (Å²) in [7, 11) is 1.51. The monoisotopic (exact) mass is 286 g/mol. The van der Waals surface area contributed by atoms with E-state index < -0.39 is 7.79 Å². The van der Waals surface area contributed by atoms with Crippen molar-refractivity contribution in [2.24, 2.45) is 4.76 Å². The zero-order valence-electron chi connectivity index (χ0n) is 11.5. The van der Waals surface area contributed by atoms with E-state index in [1.165, 1.54) is 0 Å². The molecule has 0 fully saturated rings. The fourth-order valence-corrected chi connectivity index (χ4v) is 4.64. The van der Waals surface area contributed by atoms with E-state index in [-0.39, 0.29) is 0 Å². The second kappa shape index (κ2) is 5.33. The van der Waals surface area contributed by atoms with Gasteiger partial charge in [0.1, 0.15) is 0 Å². The van der Waals surface area contributed by atoms with Gasteiger partial charge in [0.05, 0.1) is 7.11 Å². The van der Waals surface area contributed by atoms with E-state index >= 15 is 0 Å². The van der Waals surface area contributed by atoms with Gasteiger partial charge in [-0.05, 0) is 21.7 Å². The minimum atomic E-state index is -2.18. The summed E-state index contributed by atoms with van der Waals surface area (Å²) >= 11 is 0. The lowest BCUT2D eigenvalue weighted by molar-refractivity contribution is 0.376. The number of rotatable bonds is 3. The number of hydrogen-bond donors (Lipinski definition) is 1. The van der Waals surface area contributed by atoms with Gasteiger partial charge in [-0.25, -0.2) is 0 Å². The molecule has 102 valence electrons. The van der Waals surface area contributed by atoms with Gasteiger partial charge in [-0.1, -0.05) is 48.5 Å². The molecular formula is C15H17N3OP+. The van der Waals surface area contributed by atoms with Gasteiger partial charge in [0.15, 0.2) is 11.1 Å². The molecule has 1 unspecified atom stereocenters. The summed E-state index contributed by atoms with van der Waals surface area (Å²) in [5.74, 6) is 0.854. The van der Waals surface area contributed by atoms with E-state index in [0.29, 0.717) is 0 Å². The van der Waals surface area contributed by atoms with Gasteiger partial charge in [-0.2, -0.15) is 4.52 Å². The quantitative estimate of drug-likeness (QED) is 0.881. The second-order valence-corrected chi connectivity index (χ2v) is 7.28. The molecule has 0 amide bonds. The van der Waals surface area contributed by atoms with Crippen molar-refractivity contribution in [3.8, 4) is 0 Å². The zero-order chi connectivity index (χ0) is 14.0. The number of amidine groups is 1. The molecule has 0 aromatic heterocycles. The molecule has 4 nitrogen and oxygen atoms in total. The van der Waals surface area contributed by atoms with Crippen LogP contribution in [0.4, 0.5) is 0 Å². The molecule has 0 spiro atoms. The molecule has 2 aromatic carbocycles. The number of hydrogen-bond acceptors (Lipinski definition) is 4. The summed E-state index contributed by atoms with van der Waals surface area (Å²) in [4.78, 5) is 0. The fraction of sp³-hybridized carbons (Fsp3) is 0.133. The first-order valence-electron chi connectivity index (χ1n) is 6.43. The van der Waals surface area contributed by atoms with E-state index in [4.69, 9.17) is 9.29 Å². The molecule has 1 atom stereocenters. The summed E-state index contributed by atoms with van der Waals surface area (Å²) in [6.45, 7) is 0. The Labute approximate surface area is 119 Å². The van der Waals surface area contributed by atoms with Crippen molar-refractivity contribution in [2.45, 2.75) is 0 Å². The van der Waals surface area contributed by atoms with E-state index in [2.05, 4.69) is 17.6 Å². The molecule has 0 saturated heterocycles. The average molecular weight is 286 g/mol. The van der Waals surface area contributed by atoms with Gasteiger partial charge in [0.2, 0.25) is 0 Å². The van der Waals surface area contributed by atoms with Crippen LogP contribution in [0, 0.1) is 0 Å². The third-order valence-corrected chi connectivity index (χ3v) is 6.17. The van der Waals surface area contributed by atoms with Crippen LogP contribution in [0.1, 0.15) is 5.56 Å². The lowest BCUT2D eigenvalue weighted by Gasteiger charge is -2.19. The highest BCUT2D eigenvalue weighted by Crippen LogP contribution is 2.63. The smallest absolute Gasteiger partial charge is 0.264 e. The van der Waals surface area contributed by atoms with Crippen LogP contribution in [0.5, 0.6) is 0 Å². The highest BCUT2D eigenvalue weighted by molar-refractivity contribution is 7.75. The normalized spacial score (nSPS) is 22.4. The Bertz CT molecular complexity index is 618. The summed E-state index contributed by atoms with van der Waals surface area (Å²) in [5, 5.41) is 1.10. The highest BCUT2D eigenvalue weighted by atomic mass is 31.2. The lowest BCUT2D eigenvalue weighted by Crippen LogP contribution is -2.35. The van der Waals surface area contributed by atoms with Crippen molar-refractivity contribution in [3.05, 3.63) is 66.2 Å². The summed E-state index contributed by atoms with van der Waals surface area (Å²) in [6.07, 6.45) is 0. The van der Waals surface area contributed by atoms with Crippen LogP contribution in [-0.2, 0) is 4.52 Å². The zero-order valence-corrected chi connectivity index (χ0v) is 12.4. The van der Waals surface area contributed by atoms with E-state index in [1.807, 2.05) is 60.4 Å². The van der Waals surface area contributed by atoms with Crippen molar-refractivity contribution >= 4 is 18.9 Å². The van der Waals surface area contributed by atoms with Gasteiger partial charge in [0, 0.05) is 12.6 Å². The first kappa shape index (κ1) is 13.3. The number of nitrogens with zero attached hydrogens (tertiary/aromatic N) is 2. The van der Waals surface area contributed by atoms with Crippen LogP contribution in [0.25, 0.3) is 0 Å². The first-order chi connectivity index (χ1) is 9.76. The molecule has 1 aliphatic rings. The molecule has 0 bridgehead atoms. The minimum Gasteiger partial charge on any atom is -0.264 e. The Kier molecular flexibility index (Phi) is 3.53. The van der Waals surface area contributed by atoms with E-state index in [0.717, 1.165) is 16.7 Å². The summed E-state index contributed by atoms with van der Waals surface area (Å²) in [5.41, 5.74) is 4.38. The predicted molar refractivity (Wildman–Crippen MR) is 83.9 cm³/mol. The fourth-order valence-electron chi connectivity index (χ4n) is 2.29. The van der Waals surface area contributed by atoms with Gasteiger partial charge in [-0.3, -0.25) is 5.43 Å². The van der Waals surface area contributed by atoms with Crippen LogP contribution in [0.2, 0.25) is 0 Å². The molecule has 1 heterocycles. The Morgan fingerprint density at radius 2 is 1.60 bits per heavy atom. The SMILES string of the molecule is CO[P+]1(c2ccccc2)N=C(c2ccccc2)NN1C. The predicted octanol–water partition coefficient (Wildman–Crippen LogP) is 2.62. The van der Waals surface area contributed by atoms with Crippen molar-refractivity contribution < 1.29 is 4.52 Å². The van der Waals surface area contributed by atoms with Gasteiger partial charge >= 0.3 is 7.79 Å². The Hall–Kier alpha value is -1.74. The maximum atomic E-state index is 5.84. The number of benzene rings is 2. The third kappa shape index (κ3) is 2.12. The van der Waals surface area contributed by atoms with Crippen LogP contribution in [-0.4, -0.2) is 24.8 Å². The largest absolute Gasteiger partial charge is 0.388 e. The number of hydrazine groups is 1. The minimum absolute atomic E-state index is 0.854. The molecule has 3 rings (SSSR count). The van der Waals surface area contributed by atoms with Gasteiger partial charge in [-0.15, -0.1) is 0 Å². The summed E-state index contributed by atoms with van der Waals surface area (Å²) < 4.78 is 12.7. The Morgan fingerprint density at radius 1 is 1.00 bits per heavy atom. The Morgan fingerprint density at radius 3 is 2.20 bits per heavy atom. The molecule has 20 heavy (non-hydrogen) atoms. The summed E-state index contributed by atoms with van der Waals surface area (Å²) in [6, 6.07) is 20.3. The van der Waals surface area contributed by atoms with Crippen molar-refractivity contribution in [1.29, 1.82) is 0 Å². The standard InChI is InChI=1S/C15H17N3OP/c1-18-16-15(13-9-5-3-6-10-13)17-20(18,19-2)14-11-7-4-8-12-14/h3-12H,1-2H3,(H,16,17)/q+1. The van der Waals surface area contributed by atoms with Crippen LogP contribution in [0.3, 0.4) is 0 Å². The molecule has 0 aliphatic carbocycles. The number of nitrogens with one attached hydrogen (secondary N) is 1. The maximum Gasteiger partial charge on any atom is 0.388 e. The molecule has 1 aliphatic heterocycles. The topological polar surface area (TPSA) is 36.9 Å². The molecular weight excluding hydrogens is 269 g/mol. The molecule has 1 N–H and O–H groups in total. The molecule has 2 aromatic rings. The lowest BCUT2D eigenvalue weighted by atomic mass is 10.2. The van der Waals surface area contributed by atoms with Crippen molar-refractivity contribution in [2.75, 3.05) is 14.2 Å². The Balaban J connectivity index is 2.06. The third-order valence-electron chi connectivity index (χ3n) is 3.30. The van der Waals surface area contributed by atoms with E-state index in [9.17, 15) is 0 Å². The van der Waals surface area contributed by atoms with Gasteiger partial charge in [0.25, 0.3) is 0 Å². The average Bonchev–Trinajstić information content (AvgIpc) is 2.87. The van der Waals surface area contributed by atoms with Crippen LogP contribution in [0.15, 0.2) is 65.4 Å².